The van der Waals surface area contributed by atoms with Crippen LogP contribution in [0.25, 0.3) is 10.9 Å². The summed E-state index contributed by atoms with van der Waals surface area (Å²) in [5.74, 6) is 0.0915. The number of para-hydroxylation sites is 1. The third-order valence-corrected chi connectivity index (χ3v) is 3.40. The SMILES string of the molecule is COCCNCCNC(=O)CCc1c[nH]c2ccccc12. The summed E-state index contributed by atoms with van der Waals surface area (Å²) in [6, 6.07) is 8.15. The van der Waals surface area contributed by atoms with Gasteiger partial charge in [0.25, 0.3) is 0 Å². The number of benzene rings is 1. The van der Waals surface area contributed by atoms with Crippen LogP contribution in [0, 0.1) is 0 Å². The summed E-state index contributed by atoms with van der Waals surface area (Å²) in [5, 5.41) is 7.31. The molecule has 0 atom stereocenters. The van der Waals surface area contributed by atoms with Crippen molar-refractivity contribution >= 4 is 16.8 Å². The van der Waals surface area contributed by atoms with E-state index in [9.17, 15) is 4.79 Å². The minimum absolute atomic E-state index is 0.0915. The van der Waals surface area contributed by atoms with Crippen LogP contribution in [0.15, 0.2) is 30.5 Å². The van der Waals surface area contributed by atoms with Gasteiger partial charge in [0, 0.05) is 50.3 Å². The maximum absolute atomic E-state index is 11.8. The number of ether oxygens (including phenoxy) is 1. The molecule has 0 unspecified atom stereocenters. The molecule has 0 fully saturated rings. The molecule has 1 aromatic carbocycles. The average molecular weight is 289 g/mol. The first-order valence-corrected chi connectivity index (χ1v) is 7.32. The Bertz CT molecular complexity index is 565. The highest BCUT2D eigenvalue weighted by atomic mass is 16.5. The molecule has 0 saturated heterocycles. The Labute approximate surface area is 125 Å². The molecule has 2 aromatic rings. The van der Waals surface area contributed by atoms with E-state index < -0.39 is 0 Å². The van der Waals surface area contributed by atoms with Crippen molar-refractivity contribution in [2.45, 2.75) is 12.8 Å². The normalized spacial score (nSPS) is 10.9. The van der Waals surface area contributed by atoms with Crippen molar-refractivity contribution in [1.29, 1.82) is 0 Å². The molecule has 0 bridgehead atoms. The van der Waals surface area contributed by atoms with Crippen LogP contribution in [0.1, 0.15) is 12.0 Å². The zero-order valence-corrected chi connectivity index (χ0v) is 12.4. The third-order valence-electron chi connectivity index (χ3n) is 3.40. The molecular formula is C16H23N3O2. The summed E-state index contributed by atoms with van der Waals surface area (Å²) < 4.78 is 4.93. The lowest BCUT2D eigenvalue weighted by Crippen LogP contribution is -2.33. The van der Waals surface area contributed by atoms with E-state index in [1.807, 2.05) is 24.4 Å². The van der Waals surface area contributed by atoms with E-state index >= 15 is 0 Å². The van der Waals surface area contributed by atoms with Gasteiger partial charge in [-0.25, -0.2) is 0 Å². The Balaban J connectivity index is 1.67. The zero-order chi connectivity index (χ0) is 14.9. The van der Waals surface area contributed by atoms with Crippen molar-refractivity contribution in [3.63, 3.8) is 0 Å². The first-order valence-electron chi connectivity index (χ1n) is 7.32. The molecule has 21 heavy (non-hydrogen) atoms. The molecule has 0 aliphatic heterocycles. The second-order valence-corrected chi connectivity index (χ2v) is 4.95. The Kier molecular flexibility index (Phi) is 6.24. The van der Waals surface area contributed by atoms with Gasteiger partial charge in [0.2, 0.25) is 5.91 Å². The van der Waals surface area contributed by atoms with Crippen LogP contribution >= 0.6 is 0 Å². The van der Waals surface area contributed by atoms with Gasteiger partial charge in [-0.2, -0.15) is 0 Å². The number of aryl methyl sites for hydroxylation is 1. The topological polar surface area (TPSA) is 66.2 Å². The molecule has 0 aliphatic carbocycles. The smallest absolute Gasteiger partial charge is 0.220 e. The number of methoxy groups -OCH3 is 1. The van der Waals surface area contributed by atoms with Gasteiger partial charge in [-0.05, 0) is 18.1 Å². The fourth-order valence-electron chi connectivity index (χ4n) is 2.26. The lowest BCUT2D eigenvalue weighted by Gasteiger charge is -2.06. The number of hydrogen-bond donors (Lipinski definition) is 3. The number of hydrogen-bond acceptors (Lipinski definition) is 3. The second-order valence-electron chi connectivity index (χ2n) is 4.95. The van der Waals surface area contributed by atoms with Gasteiger partial charge in [0.1, 0.15) is 0 Å². The lowest BCUT2D eigenvalue weighted by molar-refractivity contribution is -0.121. The van der Waals surface area contributed by atoms with E-state index in [-0.39, 0.29) is 5.91 Å². The zero-order valence-electron chi connectivity index (χ0n) is 12.4. The summed E-state index contributed by atoms with van der Waals surface area (Å²) in [5.41, 5.74) is 2.31. The molecule has 0 aliphatic rings. The van der Waals surface area contributed by atoms with E-state index in [0.717, 1.165) is 25.0 Å². The summed E-state index contributed by atoms with van der Waals surface area (Å²) in [7, 11) is 1.67. The van der Waals surface area contributed by atoms with Crippen molar-refractivity contribution < 1.29 is 9.53 Å². The average Bonchev–Trinajstić information content (AvgIpc) is 2.92. The van der Waals surface area contributed by atoms with Crippen LogP contribution in [-0.2, 0) is 16.0 Å². The molecule has 0 radical (unpaired) electrons. The van der Waals surface area contributed by atoms with Crippen molar-refractivity contribution in [3.8, 4) is 0 Å². The minimum atomic E-state index is 0.0915. The van der Waals surface area contributed by atoms with Crippen molar-refractivity contribution in [2.75, 3.05) is 33.4 Å². The fourth-order valence-corrected chi connectivity index (χ4v) is 2.26. The Morgan fingerprint density at radius 1 is 1.24 bits per heavy atom. The number of fused-ring (bicyclic) bond motifs is 1. The largest absolute Gasteiger partial charge is 0.383 e. The van der Waals surface area contributed by atoms with Gasteiger partial charge in [0.15, 0.2) is 0 Å². The Morgan fingerprint density at radius 3 is 2.95 bits per heavy atom. The number of amides is 1. The van der Waals surface area contributed by atoms with Crippen molar-refractivity contribution in [2.24, 2.45) is 0 Å². The highest BCUT2D eigenvalue weighted by Gasteiger charge is 2.06. The number of H-pyrrole nitrogens is 1. The summed E-state index contributed by atoms with van der Waals surface area (Å²) in [6.07, 6.45) is 3.26. The number of aromatic nitrogens is 1. The van der Waals surface area contributed by atoms with Gasteiger partial charge in [0.05, 0.1) is 6.61 Å². The minimum Gasteiger partial charge on any atom is -0.383 e. The number of aromatic amines is 1. The summed E-state index contributed by atoms with van der Waals surface area (Å²) in [6.45, 7) is 2.91. The van der Waals surface area contributed by atoms with Crippen LogP contribution in [-0.4, -0.2) is 44.2 Å². The molecule has 1 amide bonds. The van der Waals surface area contributed by atoms with Crippen LogP contribution < -0.4 is 10.6 Å². The van der Waals surface area contributed by atoms with Crippen LogP contribution in [0.3, 0.4) is 0 Å². The molecule has 1 aromatic heterocycles. The van der Waals surface area contributed by atoms with Gasteiger partial charge < -0.3 is 20.4 Å². The standard InChI is InChI=1S/C16H23N3O2/c1-21-11-10-17-8-9-18-16(20)7-6-13-12-19-15-5-3-2-4-14(13)15/h2-5,12,17,19H,6-11H2,1H3,(H,18,20). The first kappa shape index (κ1) is 15.5. The third kappa shape index (κ3) is 4.88. The molecule has 0 saturated carbocycles. The van der Waals surface area contributed by atoms with E-state index in [1.54, 1.807) is 7.11 Å². The molecule has 5 nitrogen and oxygen atoms in total. The molecular weight excluding hydrogens is 266 g/mol. The fraction of sp³-hybridized carbons (Fsp3) is 0.438. The first-order chi connectivity index (χ1) is 10.3. The van der Waals surface area contributed by atoms with Crippen LogP contribution in [0.2, 0.25) is 0 Å². The van der Waals surface area contributed by atoms with E-state index in [2.05, 4.69) is 21.7 Å². The molecule has 2 rings (SSSR count). The van der Waals surface area contributed by atoms with Gasteiger partial charge in [-0.3, -0.25) is 4.79 Å². The summed E-state index contributed by atoms with van der Waals surface area (Å²) in [4.78, 5) is 15.0. The Morgan fingerprint density at radius 2 is 2.10 bits per heavy atom. The number of carbonyl (C=O) groups is 1. The highest BCUT2D eigenvalue weighted by molar-refractivity contribution is 5.84. The van der Waals surface area contributed by atoms with E-state index in [0.29, 0.717) is 19.6 Å². The quantitative estimate of drug-likeness (QED) is 0.612. The van der Waals surface area contributed by atoms with E-state index in [4.69, 9.17) is 4.74 Å². The van der Waals surface area contributed by atoms with Crippen LogP contribution in [0.4, 0.5) is 0 Å². The number of nitrogens with one attached hydrogen (secondary N) is 3. The maximum Gasteiger partial charge on any atom is 0.220 e. The van der Waals surface area contributed by atoms with Crippen molar-refractivity contribution in [3.05, 3.63) is 36.0 Å². The predicted molar refractivity (Wildman–Crippen MR) is 84.4 cm³/mol. The van der Waals surface area contributed by atoms with Crippen molar-refractivity contribution in [1.82, 2.24) is 15.6 Å². The van der Waals surface area contributed by atoms with Crippen LogP contribution in [0.5, 0.6) is 0 Å². The summed E-state index contributed by atoms with van der Waals surface area (Å²) >= 11 is 0. The number of rotatable bonds is 9. The van der Waals surface area contributed by atoms with Gasteiger partial charge in [-0.1, -0.05) is 18.2 Å². The predicted octanol–water partition coefficient (Wildman–Crippen LogP) is 1.45. The maximum atomic E-state index is 11.8. The van der Waals surface area contributed by atoms with E-state index in [1.165, 1.54) is 10.9 Å². The highest BCUT2D eigenvalue weighted by Crippen LogP contribution is 2.18. The Hall–Kier alpha value is -1.85. The monoisotopic (exact) mass is 289 g/mol. The second kappa shape index (κ2) is 8.44. The molecule has 3 N–H and O–H groups in total. The number of carbonyl (C=O) groups excluding carboxylic acids is 1. The van der Waals surface area contributed by atoms with Gasteiger partial charge in [-0.15, -0.1) is 0 Å². The molecule has 114 valence electrons. The molecule has 0 spiro atoms. The lowest BCUT2D eigenvalue weighted by atomic mass is 10.1. The molecule has 1 heterocycles. The molecule has 5 heteroatoms. The van der Waals surface area contributed by atoms with Gasteiger partial charge >= 0.3 is 0 Å².